The Kier molecular flexibility index (Phi) is 5.53. The summed E-state index contributed by atoms with van der Waals surface area (Å²) in [5.41, 5.74) is 2.53. The number of hydrogen-bond acceptors (Lipinski definition) is 7. The van der Waals surface area contributed by atoms with Crippen LogP contribution in [0.25, 0.3) is 22.3 Å². The van der Waals surface area contributed by atoms with Gasteiger partial charge < -0.3 is 18.6 Å². The van der Waals surface area contributed by atoms with E-state index in [1.54, 1.807) is 57.5 Å². The number of hydrogen-bond donors (Lipinski definition) is 0. The molecule has 1 aliphatic heterocycles. The fourth-order valence-electron chi connectivity index (χ4n) is 4.39. The summed E-state index contributed by atoms with van der Waals surface area (Å²) in [6, 6.07) is 12.6. The van der Waals surface area contributed by atoms with Crippen LogP contribution in [-0.2, 0) is 6.54 Å². The monoisotopic (exact) mass is 482 g/mol. The molecule has 1 aliphatic rings. The first-order chi connectivity index (χ1) is 17.7. The molecule has 0 unspecified atom stereocenters. The Labute approximate surface area is 205 Å². The predicted molar refractivity (Wildman–Crippen MR) is 129 cm³/mol. The molecule has 0 atom stereocenters. The first kappa shape index (κ1) is 21.8. The highest BCUT2D eigenvalue weighted by Crippen LogP contribution is 2.26. The van der Waals surface area contributed by atoms with Gasteiger partial charge in [-0.05, 0) is 42.5 Å². The van der Waals surface area contributed by atoms with E-state index in [4.69, 9.17) is 13.8 Å². The van der Waals surface area contributed by atoms with Crippen LogP contribution >= 0.6 is 0 Å². The average Bonchev–Trinajstić information content (AvgIpc) is 3.71. The first-order valence-corrected chi connectivity index (χ1v) is 11.6. The van der Waals surface area contributed by atoms with Crippen molar-refractivity contribution in [2.45, 2.75) is 6.54 Å². The molecule has 0 aliphatic carbocycles. The topological polar surface area (TPSA) is 111 Å². The van der Waals surface area contributed by atoms with Gasteiger partial charge in [0.2, 0.25) is 0 Å². The Morgan fingerprint density at radius 2 is 1.67 bits per heavy atom. The first-order valence-electron chi connectivity index (χ1n) is 11.6. The van der Waals surface area contributed by atoms with Crippen molar-refractivity contribution in [3.8, 4) is 11.3 Å². The van der Waals surface area contributed by atoms with E-state index in [2.05, 4.69) is 10.1 Å². The van der Waals surface area contributed by atoms with Gasteiger partial charge in [-0.1, -0.05) is 0 Å². The van der Waals surface area contributed by atoms with Gasteiger partial charge in [0.25, 0.3) is 11.8 Å². The quantitative estimate of drug-likeness (QED) is 0.378. The molecule has 0 saturated carbocycles. The maximum absolute atomic E-state index is 13.7. The normalized spacial score (nSPS) is 13.9. The van der Waals surface area contributed by atoms with Crippen LogP contribution in [0.5, 0.6) is 0 Å². The van der Waals surface area contributed by atoms with Gasteiger partial charge >= 0.3 is 0 Å². The number of amides is 2. The zero-order valence-corrected chi connectivity index (χ0v) is 19.3. The highest BCUT2D eigenvalue weighted by molar-refractivity contribution is 6.06. The SMILES string of the molecule is O=C(c1ccco1)N1CCN(C(=O)c2cc(-c3cccnc3)nc3c2cnn3Cc2ccco2)CC1. The number of piperazine rings is 1. The summed E-state index contributed by atoms with van der Waals surface area (Å²) in [7, 11) is 0. The molecular weight excluding hydrogens is 460 g/mol. The van der Waals surface area contributed by atoms with Crippen LogP contribution in [0.3, 0.4) is 0 Å². The van der Waals surface area contributed by atoms with Crippen molar-refractivity contribution in [3.05, 3.63) is 90.7 Å². The summed E-state index contributed by atoms with van der Waals surface area (Å²) in [5, 5.41) is 5.16. The minimum Gasteiger partial charge on any atom is -0.467 e. The van der Waals surface area contributed by atoms with Crippen molar-refractivity contribution in [2.24, 2.45) is 0 Å². The van der Waals surface area contributed by atoms with Crippen molar-refractivity contribution in [3.63, 3.8) is 0 Å². The van der Waals surface area contributed by atoms with Crippen LogP contribution in [0.2, 0.25) is 0 Å². The molecule has 6 heterocycles. The summed E-state index contributed by atoms with van der Waals surface area (Å²) in [5.74, 6) is 0.737. The zero-order valence-electron chi connectivity index (χ0n) is 19.3. The van der Waals surface area contributed by atoms with Crippen molar-refractivity contribution in [2.75, 3.05) is 26.2 Å². The van der Waals surface area contributed by atoms with Crippen LogP contribution in [0, 0.1) is 0 Å². The summed E-state index contributed by atoms with van der Waals surface area (Å²) in [4.78, 5) is 38.8. The molecule has 1 fully saturated rings. The Hall–Kier alpha value is -4.73. The summed E-state index contributed by atoms with van der Waals surface area (Å²) in [6.07, 6.45) is 8.17. The summed E-state index contributed by atoms with van der Waals surface area (Å²) in [6.45, 7) is 2.07. The zero-order chi connectivity index (χ0) is 24.5. The van der Waals surface area contributed by atoms with Gasteiger partial charge in [-0.15, -0.1) is 0 Å². The molecule has 5 aromatic rings. The largest absolute Gasteiger partial charge is 0.467 e. The molecule has 1 saturated heterocycles. The van der Waals surface area contributed by atoms with E-state index < -0.39 is 0 Å². The van der Waals surface area contributed by atoms with Crippen LogP contribution in [0.15, 0.2) is 82.4 Å². The second-order valence-corrected chi connectivity index (χ2v) is 8.48. The maximum atomic E-state index is 13.7. The van der Waals surface area contributed by atoms with Crippen LogP contribution in [-0.4, -0.2) is 67.5 Å². The van der Waals surface area contributed by atoms with Crippen LogP contribution in [0.1, 0.15) is 26.7 Å². The summed E-state index contributed by atoms with van der Waals surface area (Å²) < 4.78 is 12.4. The van der Waals surface area contributed by atoms with E-state index in [0.717, 1.165) is 11.3 Å². The van der Waals surface area contributed by atoms with Gasteiger partial charge in [0.05, 0.1) is 35.4 Å². The van der Waals surface area contributed by atoms with Gasteiger partial charge in [-0.2, -0.15) is 5.10 Å². The molecule has 10 heteroatoms. The van der Waals surface area contributed by atoms with Gasteiger partial charge in [0, 0.05) is 44.1 Å². The number of fused-ring (bicyclic) bond motifs is 1. The smallest absolute Gasteiger partial charge is 0.289 e. The summed E-state index contributed by atoms with van der Waals surface area (Å²) >= 11 is 0. The molecular formula is C26H22N6O4. The number of furan rings is 2. The molecule has 36 heavy (non-hydrogen) atoms. The molecule has 0 aromatic carbocycles. The van der Waals surface area contributed by atoms with Crippen molar-refractivity contribution >= 4 is 22.8 Å². The minimum absolute atomic E-state index is 0.129. The van der Waals surface area contributed by atoms with Crippen LogP contribution < -0.4 is 0 Å². The molecule has 0 spiro atoms. The number of carbonyl (C=O) groups is 2. The van der Waals surface area contributed by atoms with Gasteiger partial charge in [0.15, 0.2) is 11.4 Å². The van der Waals surface area contributed by atoms with E-state index in [-0.39, 0.29) is 11.8 Å². The van der Waals surface area contributed by atoms with Gasteiger partial charge in [-0.3, -0.25) is 14.6 Å². The van der Waals surface area contributed by atoms with E-state index >= 15 is 0 Å². The molecule has 0 bridgehead atoms. The molecule has 0 radical (unpaired) electrons. The highest BCUT2D eigenvalue weighted by Gasteiger charge is 2.28. The van der Waals surface area contributed by atoms with Gasteiger partial charge in [0.1, 0.15) is 12.3 Å². The van der Waals surface area contributed by atoms with Crippen molar-refractivity contribution in [1.82, 2.24) is 29.5 Å². The highest BCUT2D eigenvalue weighted by atomic mass is 16.3. The number of aromatic nitrogens is 4. The third-order valence-electron chi connectivity index (χ3n) is 6.27. The van der Waals surface area contributed by atoms with Gasteiger partial charge in [-0.25, -0.2) is 9.67 Å². The minimum atomic E-state index is -0.170. The standard InChI is InChI=1S/C26H22N6O4/c33-25(30-8-10-31(11-9-30)26(34)23-6-3-13-36-23)20-14-22(18-4-1-7-27-15-18)29-24-21(20)16-28-32(24)17-19-5-2-12-35-19/h1-7,12-16H,8-11,17H2. The second-order valence-electron chi connectivity index (χ2n) is 8.48. The number of pyridine rings is 2. The number of nitrogens with zero attached hydrogens (tertiary/aromatic N) is 6. The third kappa shape index (κ3) is 4.02. The van der Waals surface area contributed by atoms with Crippen molar-refractivity contribution in [1.29, 1.82) is 0 Å². The molecule has 2 amide bonds. The fraction of sp³-hybridized carbons (Fsp3) is 0.192. The number of rotatable bonds is 5. The molecule has 0 N–H and O–H groups in total. The van der Waals surface area contributed by atoms with Crippen molar-refractivity contribution < 1.29 is 18.4 Å². The lowest BCUT2D eigenvalue weighted by atomic mass is 10.1. The van der Waals surface area contributed by atoms with E-state index in [1.165, 1.54) is 6.26 Å². The van der Waals surface area contributed by atoms with Crippen LogP contribution in [0.4, 0.5) is 0 Å². The second kappa shape index (κ2) is 9.14. The Morgan fingerprint density at radius 3 is 2.36 bits per heavy atom. The molecule has 5 aromatic heterocycles. The Balaban J connectivity index is 1.32. The fourth-order valence-corrected chi connectivity index (χ4v) is 4.39. The lowest BCUT2D eigenvalue weighted by Crippen LogP contribution is -2.50. The molecule has 6 rings (SSSR count). The predicted octanol–water partition coefficient (Wildman–Crippen LogP) is 3.33. The third-order valence-corrected chi connectivity index (χ3v) is 6.27. The Morgan fingerprint density at radius 1 is 0.889 bits per heavy atom. The van der Waals surface area contributed by atoms with E-state index in [9.17, 15) is 9.59 Å². The lowest BCUT2D eigenvalue weighted by Gasteiger charge is -2.34. The molecule has 10 nitrogen and oxygen atoms in total. The maximum Gasteiger partial charge on any atom is 0.289 e. The lowest BCUT2D eigenvalue weighted by molar-refractivity contribution is 0.0519. The molecule has 180 valence electrons. The average molecular weight is 483 g/mol. The van der Waals surface area contributed by atoms with E-state index in [0.29, 0.717) is 60.8 Å². The number of carbonyl (C=O) groups excluding carboxylic acids is 2. The van der Waals surface area contributed by atoms with E-state index in [1.807, 2.05) is 24.3 Å². The Bertz CT molecular complexity index is 1500.